The van der Waals surface area contributed by atoms with E-state index in [1.54, 1.807) is 6.26 Å². The van der Waals surface area contributed by atoms with Crippen molar-refractivity contribution in [1.29, 1.82) is 0 Å². The van der Waals surface area contributed by atoms with Crippen LogP contribution < -0.4 is 11.3 Å². The number of furan rings is 1. The van der Waals surface area contributed by atoms with Gasteiger partial charge in [-0.25, -0.2) is 10.4 Å². The highest BCUT2D eigenvalue weighted by Crippen LogP contribution is 2.20. The molecule has 3 rings (SSSR count). The molecular formula is C14H16N4O. The van der Waals surface area contributed by atoms with Crippen LogP contribution in [0.25, 0.3) is 11.0 Å². The molecule has 0 saturated carbocycles. The van der Waals surface area contributed by atoms with Crippen LogP contribution in [0, 0.1) is 0 Å². The Labute approximate surface area is 111 Å². The first-order valence-electron chi connectivity index (χ1n) is 6.19. The lowest BCUT2D eigenvalue weighted by atomic mass is 10.1. The minimum atomic E-state index is -0.0782. The number of imidazole rings is 1. The maximum absolute atomic E-state index is 5.61. The van der Waals surface area contributed by atoms with Crippen molar-refractivity contribution in [1.82, 2.24) is 15.0 Å². The molecule has 5 heteroatoms. The van der Waals surface area contributed by atoms with E-state index in [0.29, 0.717) is 6.42 Å². The van der Waals surface area contributed by atoms with Gasteiger partial charge in [0.1, 0.15) is 11.6 Å². The second-order valence-corrected chi connectivity index (χ2v) is 4.51. The highest BCUT2D eigenvalue weighted by atomic mass is 16.3. The maximum Gasteiger partial charge on any atom is 0.122 e. The zero-order chi connectivity index (χ0) is 13.2. The molecule has 2 aromatic heterocycles. The molecule has 3 aromatic rings. The Balaban J connectivity index is 1.94. The molecule has 19 heavy (non-hydrogen) atoms. The van der Waals surface area contributed by atoms with Crippen molar-refractivity contribution in [2.45, 2.75) is 12.5 Å². The minimum Gasteiger partial charge on any atom is -0.468 e. The van der Waals surface area contributed by atoms with E-state index in [9.17, 15) is 0 Å². The van der Waals surface area contributed by atoms with Crippen LogP contribution in [0.4, 0.5) is 0 Å². The number of hydrogen-bond acceptors (Lipinski definition) is 4. The first kappa shape index (κ1) is 12.0. The molecule has 0 aliphatic heterocycles. The minimum absolute atomic E-state index is 0.0782. The first-order chi connectivity index (χ1) is 9.29. The van der Waals surface area contributed by atoms with Crippen molar-refractivity contribution < 1.29 is 4.42 Å². The van der Waals surface area contributed by atoms with Gasteiger partial charge in [0.2, 0.25) is 0 Å². The number of aryl methyl sites for hydroxylation is 1. The molecule has 98 valence electrons. The van der Waals surface area contributed by atoms with E-state index < -0.39 is 0 Å². The topological polar surface area (TPSA) is 69.0 Å². The Morgan fingerprint density at radius 3 is 2.84 bits per heavy atom. The fourth-order valence-electron chi connectivity index (χ4n) is 2.29. The predicted molar refractivity (Wildman–Crippen MR) is 73.2 cm³/mol. The van der Waals surface area contributed by atoms with Crippen LogP contribution >= 0.6 is 0 Å². The summed E-state index contributed by atoms with van der Waals surface area (Å²) in [5.74, 6) is 7.40. The molecule has 0 bridgehead atoms. The quantitative estimate of drug-likeness (QED) is 0.552. The number of benzene rings is 1. The van der Waals surface area contributed by atoms with Gasteiger partial charge in [-0.15, -0.1) is 0 Å². The van der Waals surface area contributed by atoms with Crippen molar-refractivity contribution in [3.05, 3.63) is 54.2 Å². The molecular weight excluding hydrogens is 240 g/mol. The molecule has 0 saturated heterocycles. The van der Waals surface area contributed by atoms with Crippen LogP contribution in [0.1, 0.15) is 17.6 Å². The molecule has 0 aliphatic carbocycles. The number of para-hydroxylation sites is 2. The Kier molecular flexibility index (Phi) is 3.06. The van der Waals surface area contributed by atoms with Crippen molar-refractivity contribution in [3.8, 4) is 0 Å². The summed E-state index contributed by atoms with van der Waals surface area (Å²) in [4.78, 5) is 4.64. The number of hydrogen-bond donors (Lipinski definition) is 2. The highest BCUT2D eigenvalue weighted by Gasteiger charge is 2.17. The van der Waals surface area contributed by atoms with Gasteiger partial charge in [0, 0.05) is 13.5 Å². The van der Waals surface area contributed by atoms with Crippen LogP contribution in [0.2, 0.25) is 0 Å². The van der Waals surface area contributed by atoms with Crippen molar-refractivity contribution in [3.63, 3.8) is 0 Å². The molecule has 0 amide bonds. The second kappa shape index (κ2) is 4.87. The van der Waals surface area contributed by atoms with Gasteiger partial charge in [-0.2, -0.15) is 0 Å². The lowest BCUT2D eigenvalue weighted by Gasteiger charge is -2.12. The summed E-state index contributed by atoms with van der Waals surface area (Å²) in [5.41, 5.74) is 4.89. The molecule has 2 heterocycles. The Bertz CT molecular complexity index is 672. The lowest BCUT2D eigenvalue weighted by Crippen LogP contribution is -2.30. The highest BCUT2D eigenvalue weighted by molar-refractivity contribution is 5.75. The van der Waals surface area contributed by atoms with Crippen LogP contribution in [0.5, 0.6) is 0 Å². The Morgan fingerprint density at radius 2 is 2.16 bits per heavy atom. The molecule has 3 N–H and O–H groups in total. The summed E-state index contributed by atoms with van der Waals surface area (Å²) >= 11 is 0. The predicted octanol–water partition coefficient (Wildman–Crippen LogP) is 1.91. The molecule has 0 fully saturated rings. The standard InChI is InChI=1S/C14H16N4O/c1-18-12-6-3-2-5-10(12)16-14(18)9-11(17-15)13-7-4-8-19-13/h2-8,11,17H,9,15H2,1H3. The van der Waals surface area contributed by atoms with Gasteiger partial charge in [0.05, 0.1) is 23.3 Å². The molecule has 1 aromatic carbocycles. The summed E-state index contributed by atoms with van der Waals surface area (Å²) in [6.45, 7) is 0. The largest absolute Gasteiger partial charge is 0.468 e. The average molecular weight is 256 g/mol. The monoisotopic (exact) mass is 256 g/mol. The summed E-state index contributed by atoms with van der Waals surface area (Å²) in [6.07, 6.45) is 2.32. The summed E-state index contributed by atoms with van der Waals surface area (Å²) in [7, 11) is 2.01. The molecule has 5 nitrogen and oxygen atoms in total. The fraction of sp³-hybridized carbons (Fsp3) is 0.214. The van der Waals surface area contributed by atoms with Crippen LogP contribution in [0.15, 0.2) is 47.1 Å². The zero-order valence-corrected chi connectivity index (χ0v) is 10.7. The first-order valence-corrected chi connectivity index (χ1v) is 6.19. The summed E-state index contributed by atoms with van der Waals surface area (Å²) in [6, 6.07) is 11.8. The number of rotatable bonds is 4. The molecule has 0 spiro atoms. The van der Waals surface area contributed by atoms with E-state index in [1.165, 1.54) is 0 Å². The third kappa shape index (κ3) is 2.14. The van der Waals surface area contributed by atoms with E-state index in [-0.39, 0.29) is 6.04 Å². The molecule has 1 atom stereocenters. The van der Waals surface area contributed by atoms with Crippen LogP contribution in [0.3, 0.4) is 0 Å². The number of hydrazine groups is 1. The normalized spacial score (nSPS) is 12.9. The van der Waals surface area contributed by atoms with E-state index in [0.717, 1.165) is 22.6 Å². The third-order valence-electron chi connectivity index (χ3n) is 3.35. The number of nitrogens with zero attached hydrogens (tertiary/aromatic N) is 2. The van der Waals surface area contributed by atoms with Gasteiger partial charge in [-0.1, -0.05) is 12.1 Å². The van der Waals surface area contributed by atoms with Gasteiger partial charge in [-0.05, 0) is 24.3 Å². The van der Waals surface area contributed by atoms with E-state index >= 15 is 0 Å². The van der Waals surface area contributed by atoms with Crippen molar-refractivity contribution >= 4 is 11.0 Å². The summed E-state index contributed by atoms with van der Waals surface area (Å²) < 4.78 is 7.48. The van der Waals surface area contributed by atoms with Crippen molar-refractivity contribution in [2.24, 2.45) is 12.9 Å². The number of nitrogens with one attached hydrogen (secondary N) is 1. The van der Waals surface area contributed by atoms with Crippen LogP contribution in [-0.2, 0) is 13.5 Å². The van der Waals surface area contributed by atoms with E-state index in [1.807, 2.05) is 37.4 Å². The third-order valence-corrected chi connectivity index (χ3v) is 3.35. The SMILES string of the molecule is Cn1c(CC(NN)c2ccco2)nc2ccccc21. The average Bonchev–Trinajstić information content (AvgIpc) is 3.06. The van der Waals surface area contributed by atoms with Gasteiger partial charge in [0.25, 0.3) is 0 Å². The smallest absolute Gasteiger partial charge is 0.122 e. The number of fused-ring (bicyclic) bond motifs is 1. The Morgan fingerprint density at radius 1 is 1.32 bits per heavy atom. The Hall–Kier alpha value is -2.11. The summed E-state index contributed by atoms with van der Waals surface area (Å²) in [5, 5.41) is 0. The van der Waals surface area contributed by atoms with Gasteiger partial charge in [-0.3, -0.25) is 5.84 Å². The molecule has 1 unspecified atom stereocenters. The van der Waals surface area contributed by atoms with Gasteiger partial charge in [0.15, 0.2) is 0 Å². The molecule has 0 aliphatic rings. The van der Waals surface area contributed by atoms with Crippen LogP contribution in [-0.4, -0.2) is 9.55 Å². The van der Waals surface area contributed by atoms with Crippen molar-refractivity contribution in [2.75, 3.05) is 0 Å². The second-order valence-electron chi connectivity index (χ2n) is 4.51. The van der Waals surface area contributed by atoms with E-state index in [4.69, 9.17) is 10.3 Å². The number of aromatic nitrogens is 2. The number of nitrogens with two attached hydrogens (primary N) is 1. The zero-order valence-electron chi connectivity index (χ0n) is 10.7. The van der Waals surface area contributed by atoms with Gasteiger partial charge >= 0.3 is 0 Å². The van der Waals surface area contributed by atoms with E-state index in [2.05, 4.69) is 21.0 Å². The lowest BCUT2D eigenvalue weighted by molar-refractivity contribution is 0.409. The maximum atomic E-state index is 5.61. The fourth-order valence-corrected chi connectivity index (χ4v) is 2.29. The van der Waals surface area contributed by atoms with Gasteiger partial charge < -0.3 is 8.98 Å². The molecule has 0 radical (unpaired) electrons.